The van der Waals surface area contributed by atoms with Crippen LogP contribution in [0.4, 0.5) is 0 Å². The van der Waals surface area contributed by atoms with Gasteiger partial charge >= 0.3 is 0 Å². The molecule has 0 saturated heterocycles. The molecule has 0 radical (unpaired) electrons. The van der Waals surface area contributed by atoms with Crippen molar-refractivity contribution in [3.63, 3.8) is 0 Å². The molecule has 0 bridgehead atoms. The van der Waals surface area contributed by atoms with E-state index < -0.39 is 5.91 Å². The molecule has 2 heterocycles. The first-order valence-corrected chi connectivity index (χ1v) is 11.0. The highest BCUT2D eigenvalue weighted by molar-refractivity contribution is 7.17. The lowest BCUT2D eigenvalue weighted by Crippen LogP contribution is -2.58. The Morgan fingerprint density at radius 1 is 1.23 bits per heavy atom. The van der Waals surface area contributed by atoms with Gasteiger partial charge in [-0.1, -0.05) is 6.07 Å². The first kappa shape index (κ1) is 19.5. The number of amides is 2. The van der Waals surface area contributed by atoms with E-state index >= 15 is 0 Å². The number of benzene rings is 1. The number of hydrogen-bond acceptors (Lipinski definition) is 6. The van der Waals surface area contributed by atoms with Crippen LogP contribution in [0.2, 0.25) is 0 Å². The summed E-state index contributed by atoms with van der Waals surface area (Å²) in [6, 6.07) is 12.5. The van der Waals surface area contributed by atoms with Gasteiger partial charge in [-0.15, -0.1) is 11.3 Å². The van der Waals surface area contributed by atoms with E-state index in [-0.39, 0.29) is 23.5 Å². The molecule has 0 atom stereocenters. The van der Waals surface area contributed by atoms with E-state index in [9.17, 15) is 9.59 Å². The third-order valence-electron chi connectivity index (χ3n) is 6.21. The van der Waals surface area contributed by atoms with Gasteiger partial charge in [0.15, 0.2) is 0 Å². The fourth-order valence-electron chi connectivity index (χ4n) is 4.71. The molecule has 2 aliphatic carbocycles. The van der Waals surface area contributed by atoms with E-state index in [1.165, 1.54) is 11.3 Å². The van der Waals surface area contributed by atoms with Gasteiger partial charge in [-0.2, -0.15) is 5.26 Å². The van der Waals surface area contributed by atoms with Gasteiger partial charge in [0, 0.05) is 11.6 Å². The van der Waals surface area contributed by atoms with Crippen LogP contribution in [0.1, 0.15) is 52.0 Å². The maximum Gasteiger partial charge on any atom is 0.254 e. The van der Waals surface area contributed by atoms with Crippen molar-refractivity contribution in [1.29, 1.82) is 5.26 Å². The van der Waals surface area contributed by atoms with Crippen molar-refractivity contribution >= 4 is 33.4 Å². The first-order chi connectivity index (χ1) is 14.9. The molecule has 2 aromatic heterocycles. The number of nitrogens with two attached hydrogens (primary N) is 1. The standard InChI is InChI=1S/C23H20N4O3S/c24-12-13-2-1-3-14(6-13)21(29)26-15-8-23(9-15)10-16(11-23)30-22-17(20(25)28)7-19-18(27-22)4-5-31-19/h1-7,15-16H,8-11H2,(H2,25,28)(H,26,29)/t15-,16-,23?. The third-order valence-corrected chi connectivity index (χ3v) is 7.07. The van der Waals surface area contributed by atoms with Gasteiger partial charge in [-0.05, 0) is 66.8 Å². The molecule has 7 nitrogen and oxygen atoms in total. The molecule has 156 valence electrons. The van der Waals surface area contributed by atoms with Crippen molar-refractivity contribution in [3.8, 4) is 11.9 Å². The average Bonchev–Trinajstić information content (AvgIpc) is 3.17. The summed E-state index contributed by atoms with van der Waals surface area (Å²) in [5.74, 6) is -0.387. The van der Waals surface area contributed by atoms with Crippen molar-refractivity contribution in [2.24, 2.45) is 11.1 Å². The largest absolute Gasteiger partial charge is 0.474 e. The minimum atomic E-state index is -0.543. The molecule has 5 rings (SSSR count). The summed E-state index contributed by atoms with van der Waals surface area (Å²) in [5, 5.41) is 14.0. The Morgan fingerprint density at radius 2 is 2.03 bits per heavy atom. The van der Waals surface area contributed by atoms with E-state index in [4.69, 9.17) is 15.7 Å². The van der Waals surface area contributed by atoms with Gasteiger partial charge in [0.1, 0.15) is 11.7 Å². The molecule has 8 heteroatoms. The summed E-state index contributed by atoms with van der Waals surface area (Å²) >= 11 is 1.51. The minimum absolute atomic E-state index is 0.00866. The van der Waals surface area contributed by atoms with Crippen LogP contribution in [0.15, 0.2) is 41.8 Å². The van der Waals surface area contributed by atoms with Crippen LogP contribution >= 0.6 is 11.3 Å². The molecule has 1 aromatic carbocycles. The second-order valence-electron chi connectivity index (χ2n) is 8.43. The third kappa shape index (κ3) is 3.62. The predicted molar refractivity (Wildman–Crippen MR) is 116 cm³/mol. The van der Waals surface area contributed by atoms with Crippen LogP contribution in [0.3, 0.4) is 0 Å². The average molecular weight is 433 g/mol. The van der Waals surface area contributed by atoms with Crippen molar-refractivity contribution in [3.05, 3.63) is 58.5 Å². The van der Waals surface area contributed by atoms with E-state index in [0.29, 0.717) is 22.6 Å². The quantitative estimate of drug-likeness (QED) is 0.641. The molecule has 3 aromatic rings. The zero-order valence-electron chi connectivity index (χ0n) is 16.6. The highest BCUT2D eigenvalue weighted by Crippen LogP contribution is 2.56. The lowest BCUT2D eigenvalue weighted by Gasteiger charge is -2.57. The summed E-state index contributed by atoms with van der Waals surface area (Å²) in [6.07, 6.45) is 3.52. The maximum atomic E-state index is 12.4. The topological polar surface area (TPSA) is 118 Å². The number of hydrogen-bond donors (Lipinski definition) is 2. The Bertz CT molecular complexity index is 1230. The number of thiophene rings is 1. The van der Waals surface area contributed by atoms with Crippen LogP contribution in [-0.2, 0) is 0 Å². The number of pyridine rings is 1. The second kappa shape index (κ2) is 7.36. The van der Waals surface area contributed by atoms with Crippen molar-refractivity contribution in [1.82, 2.24) is 10.3 Å². The number of carbonyl (C=O) groups excluding carboxylic acids is 2. The van der Waals surface area contributed by atoms with Crippen LogP contribution in [0, 0.1) is 16.7 Å². The number of nitrogens with zero attached hydrogens (tertiary/aromatic N) is 2. The number of nitrogens with one attached hydrogen (secondary N) is 1. The fourth-order valence-corrected chi connectivity index (χ4v) is 5.47. The van der Waals surface area contributed by atoms with Crippen molar-refractivity contribution in [2.75, 3.05) is 0 Å². The minimum Gasteiger partial charge on any atom is -0.474 e. The Labute approximate surface area is 182 Å². The molecule has 0 unspecified atom stereocenters. The van der Waals surface area contributed by atoms with E-state index in [1.807, 2.05) is 11.4 Å². The Kier molecular flexibility index (Phi) is 4.63. The van der Waals surface area contributed by atoms with Crippen LogP contribution in [0.25, 0.3) is 10.2 Å². The lowest BCUT2D eigenvalue weighted by atomic mass is 9.53. The van der Waals surface area contributed by atoms with Gasteiger partial charge in [-0.3, -0.25) is 9.59 Å². The molecular formula is C23H20N4O3S. The molecule has 2 aliphatic rings. The summed E-state index contributed by atoms with van der Waals surface area (Å²) in [6.45, 7) is 0. The Hall–Kier alpha value is -3.44. The predicted octanol–water partition coefficient (Wildman–Crippen LogP) is 3.39. The highest BCUT2D eigenvalue weighted by Gasteiger charge is 2.54. The number of nitriles is 1. The SMILES string of the molecule is N#Cc1cccc(C(=O)N[C@H]2CC3(C2)C[C@H](Oc2nc4ccsc4cc2C(N)=O)C3)c1. The van der Waals surface area contributed by atoms with Gasteiger partial charge in [-0.25, -0.2) is 4.98 Å². The first-order valence-electron chi connectivity index (χ1n) is 10.1. The van der Waals surface area contributed by atoms with E-state index in [2.05, 4.69) is 16.4 Å². The molecule has 0 aliphatic heterocycles. The van der Waals surface area contributed by atoms with Crippen molar-refractivity contribution < 1.29 is 14.3 Å². The molecular weight excluding hydrogens is 412 g/mol. The fraction of sp³-hybridized carbons (Fsp3) is 0.304. The number of aromatic nitrogens is 1. The molecule has 2 fully saturated rings. The molecule has 31 heavy (non-hydrogen) atoms. The number of carbonyl (C=O) groups is 2. The molecule has 3 N–H and O–H groups in total. The number of primary amides is 1. The molecule has 1 spiro atoms. The number of rotatable bonds is 5. The van der Waals surface area contributed by atoms with Gasteiger partial charge in [0.05, 0.1) is 21.8 Å². The summed E-state index contributed by atoms with van der Waals surface area (Å²) in [7, 11) is 0. The second-order valence-corrected chi connectivity index (χ2v) is 9.38. The van der Waals surface area contributed by atoms with Gasteiger partial charge in [0.25, 0.3) is 11.8 Å². The van der Waals surface area contributed by atoms with Gasteiger partial charge < -0.3 is 15.8 Å². The monoisotopic (exact) mass is 432 g/mol. The lowest BCUT2D eigenvalue weighted by molar-refractivity contribution is -0.0847. The normalized spacial score (nSPS) is 24.1. The zero-order valence-corrected chi connectivity index (χ0v) is 17.4. The van der Waals surface area contributed by atoms with Crippen LogP contribution < -0.4 is 15.8 Å². The van der Waals surface area contributed by atoms with Crippen LogP contribution in [0.5, 0.6) is 5.88 Å². The summed E-state index contributed by atoms with van der Waals surface area (Å²) < 4.78 is 6.94. The smallest absolute Gasteiger partial charge is 0.254 e. The van der Waals surface area contributed by atoms with E-state index in [1.54, 1.807) is 30.3 Å². The molecule has 2 saturated carbocycles. The van der Waals surface area contributed by atoms with Crippen LogP contribution in [-0.4, -0.2) is 28.9 Å². The zero-order chi connectivity index (χ0) is 21.6. The van der Waals surface area contributed by atoms with Gasteiger partial charge in [0.2, 0.25) is 5.88 Å². The Balaban J connectivity index is 1.17. The highest BCUT2D eigenvalue weighted by atomic mass is 32.1. The Morgan fingerprint density at radius 3 is 2.77 bits per heavy atom. The van der Waals surface area contributed by atoms with E-state index in [0.717, 1.165) is 35.9 Å². The van der Waals surface area contributed by atoms with Crippen molar-refractivity contribution in [2.45, 2.75) is 37.8 Å². The summed E-state index contributed by atoms with van der Waals surface area (Å²) in [5.41, 5.74) is 7.78. The number of fused-ring (bicyclic) bond motifs is 1. The summed E-state index contributed by atoms with van der Waals surface area (Å²) in [4.78, 5) is 28.7. The molecule has 2 amide bonds. The number of ether oxygens (including phenoxy) is 1. The maximum absolute atomic E-state index is 12.4.